The maximum absolute atomic E-state index is 13.1. The van der Waals surface area contributed by atoms with Crippen LogP contribution in [0.15, 0.2) is 24.3 Å². The molecule has 7 heteroatoms. The van der Waals surface area contributed by atoms with Gasteiger partial charge in [0.15, 0.2) is 0 Å². The van der Waals surface area contributed by atoms with Gasteiger partial charge in [0, 0.05) is 5.69 Å². The summed E-state index contributed by atoms with van der Waals surface area (Å²) in [4.78, 5) is 20.1. The quantitative estimate of drug-likeness (QED) is 0.911. The van der Waals surface area contributed by atoms with Gasteiger partial charge >= 0.3 is 12.0 Å². The van der Waals surface area contributed by atoms with Gasteiger partial charge in [-0.2, -0.15) is 9.97 Å². The number of nitrogens with one attached hydrogen (secondary N) is 2. The van der Waals surface area contributed by atoms with E-state index in [1.165, 1.54) is 25.3 Å². The van der Waals surface area contributed by atoms with Gasteiger partial charge in [-0.05, 0) is 32.0 Å². The number of halogens is 1. The highest BCUT2D eigenvalue weighted by atomic mass is 19.1. The number of aryl methyl sites for hydroxylation is 2. The van der Waals surface area contributed by atoms with Crippen LogP contribution in [0.25, 0.3) is 0 Å². The van der Waals surface area contributed by atoms with E-state index in [0.717, 1.165) is 0 Å². The number of carbonyl (C=O) groups is 1. The van der Waals surface area contributed by atoms with E-state index in [-0.39, 0.29) is 6.01 Å². The second-order valence-electron chi connectivity index (χ2n) is 4.35. The molecular weight excluding hydrogens is 275 g/mol. The molecule has 0 spiro atoms. The van der Waals surface area contributed by atoms with Crippen molar-refractivity contribution in [1.29, 1.82) is 0 Å². The van der Waals surface area contributed by atoms with Gasteiger partial charge in [-0.3, -0.25) is 0 Å². The largest absolute Gasteiger partial charge is 0.467 e. The minimum atomic E-state index is -0.499. The van der Waals surface area contributed by atoms with Crippen molar-refractivity contribution in [3.8, 4) is 6.01 Å². The zero-order chi connectivity index (χ0) is 15.4. The van der Waals surface area contributed by atoms with Gasteiger partial charge in [0.2, 0.25) is 0 Å². The number of rotatable bonds is 3. The van der Waals surface area contributed by atoms with Gasteiger partial charge in [0.1, 0.15) is 5.82 Å². The Morgan fingerprint density at radius 3 is 2.43 bits per heavy atom. The number of hydrogen-bond donors (Lipinski definition) is 2. The van der Waals surface area contributed by atoms with Crippen LogP contribution in [0.1, 0.15) is 11.4 Å². The maximum atomic E-state index is 13.1. The van der Waals surface area contributed by atoms with Crippen LogP contribution in [0.4, 0.5) is 20.6 Å². The molecule has 0 fully saturated rings. The van der Waals surface area contributed by atoms with Crippen molar-refractivity contribution in [1.82, 2.24) is 9.97 Å². The number of amides is 2. The lowest BCUT2D eigenvalue weighted by molar-refractivity contribution is 0.262. The van der Waals surface area contributed by atoms with E-state index in [0.29, 0.717) is 22.8 Å². The Kier molecular flexibility index (Phi) is 4.32. The highest BCUT2D eigenvalue weighted by Gasteiger charge is 2.12. The predicted octanol–water partition coefficient (Wildman–Crippen LogP) is 2.89. The van der Waals surface area contributed by atoms with Gasteiger partial charge in [-0.1, -0.05) is 6.07 Å². The van der Waals surface area contributed by atoms with Crippen molar-refractivity contribution in [3.63, 3.8) is 0 Å². The normalized spacial score (nSPS) is 10.1. The molecular formula is C14H15FN4O2. The van der Waals surface area contributed by atoms with E-state index in [4.69, 9.17) is 4.74 Å². The molecule has 2 amide bonds. The number of urea groups is 1. The van der Waals surface area contributed by atoms with E-state index in [1.54, 1.807) is 19.9 Å². The Bertz CT molecular complexity index is 653. The lowest BCUT2D eigenvalue weighted by Crippen LogP contribution is -2.21. The zero-order valence-corrected chi connectivity index (χ0v) is 11.9. The summed E-state index contributed by atoms with van der Waals surface area (Å²) in [6.45, 7) is 3.46. The van der Waals surface area contributed by atoms with Crippen molar-refractivity contribution in [2.75, 3.05) is 17.7 Å². The van der Waals surface area contributed by atoms with Gasteiger partial charge < -0.3 is 15.4 Å². The van der Waals surface area contributed by atoms with Crippen LogP contribution in [0, 0.1) is 19.7 Å². The molecule has 6 nitrogen and oxygen atoms in total. The number of hydrogen-bond acceptors (Lipinski definition) is 4. The first-order chi connectivity index (χ1) is 9.99. The summed E-state index contributed by atoms with van der Waals surface area (Å²) in [5, 5.41) is 5.18. The van der Waals surface area contributed by atoms with E-state index in [9.17, 15) is 9.18 Å². The zero-order valence-electron chi connectivity index (χ0n) is 11.9. The first-order valence-corrected chi connectivity index (χ1v) is 6.22. The summed E-state index contributed by atoms with van der Waals surface area (Å²) in [6, 6.07) is 5.37. The molecule has 0 saturated carbocycles. The standard InChI is InChI=1S/C14H15FN4O2/c1-8-12(9(2)17-14(16-8)21-3)19-13(20)18-11-6-4-5-10(15)7-11/h4-7H,1-3H3,(H2,18,19,20). The van der Waals surface area contributed by atoms with Crippen molar-refractivity contribution < 1.29 is 13.9 Å². The SMILES string of the molecule is COc1nc(C)c(NC(=O)Nc2cccc(F)c2)c(C)n1. The number of ether oxygens (including phenoxy) is 1. The minimum Gasteiger partial charge on any atom is -0.467 e. The molecule has 0 aliphatic rings. The molecule has 0 radical (unpaired) electrons. The molecule has 2 N–H and O–H groups in total. The predicted molar refractivity (Wildman–Crippen MR) is 77.1 cm³/mol. The van der Waals surface area contributed by atoms with Gasteiger partial charge in [-0.25, -0.2) is 9.18 Å². The fourth-order valence-corrected chi connectivity index (χ4v) is 1.80. The summed E-state index contributed by atoms with van der Waals surface area (Å²) in [6.07, 6.45) is 0. The van der Waals surface area contributed by atoms with Crippen LogP contribution >= 0.6 is 0 Å². The van der Waals surface area contributed by atoms with Crippen LogP contribution in [0.2, 0.25) is 0 Å². The molecule has 0 saturated heterocycles. The highest BCUT2D eigenvalue weighted by Crippen LogP contribution is 2.19. The Hall–Kier alpha value is -2.70. The van der Waals surface area contributed by atoms with Crippen molar-refractivity contribution in [2.45, 2.75) is 13.8 Å². The summed E-state index contributed by atoms with van der Waals surface area (Å²) in [5.41, 5.74) is 2.00. The number of methoxy groups -OCH3 is 1. The molecule has 0 atom stereocenters. The minimum absolute atomic E-state index is 0.237. The number of carbonyl (C=O) groups excluding carboxylic acids is 1. The Balaban J connectivity index is 2.13. The number of nitrogens with zero attached hydrogens (tertiary/aromatic N) is 2. The van der Waals surface area contributed by atoms with Crippen LogP contribution < -0.4 is 15.4 Å². The number of benzene rings is 1. The topological polar surface area (TPSA) is 76.1 Å². The van der Waals surface area contributed by atoms with Gasteiger partial charge in [0.05, 0.1) is 24.2 Å². The van der Waals surface area contributed by atoms with Crippen molar-refractivity contribution in [3.05, 3.63) is 41.5 Å². The summed E-state index contributed by atoms with van der Waals surface area (Å²) in [7, 11) is 1.47. The van der Waals surface area contributed by atoms with Crippen molar-refractivity contribution in [2.24, 2.45) is 0 Å². The second-order valence-corrected chi connectivity index (χ2v) is 4.35. The second kappa shape index (κ2) is 6.17. The average molecular weight is 290 g/mol. The molecule has 110 valence electrons. The smallest absolute Gasteiger partial charge is 0.323 e. The summed E-state index contributed by atoms with van der Waals surface area (Å²) in [5.74, 6) is -0.423. The van der Waals surface area contributed by atoms with E-state index < -0.39 is 11.8 Å². The summed E-state index contributed by atoms with van der Waals surface area (Å²) >= 11 is 0. The molecule has 21 heavy (non-hydrogen) atoms. The molecule has 1 heterocycles. The first-order valence-electron chi connectivity index (χ1n) is 6.22. The van der Waals surface area contributed by atoms with Crippen LogP contribution in [0.3, 0.4) is 0 Å². The highest BCUT2D eigenvalue weighted by molar-refractivity contribution is 6.00. The lowest BCUT2D eigenvalue weighted by atomic mass is 10.3. The molecule has 0 aliphatic heterocycles. The fraction of sp³-hybridized carbons (Fsp3) is 0.214. The Labute approximate surface area is 121 Å². The molecule has 0 unspecified atom stereocenters. The van der Waals surface area contributed by atoms with Gasteiger partial charge in [-0.15, -0.1) is 0 Å². The average Bonchev–Trinajstić information content (AvgIpc) is 2.42. The molecule has 1 aromatic carbocycles. The first kappa shape index (κ1) is 14.7. The third kappa shape index (κ3) is 3.65. The van der Waals surface area contributed by atoms with Crippen LogP contribution in [-0.2, 0) is 0 Å². The third-order valence-corrected chi connectivity index (χ3v) is 2.75. The van der Waals surface area contributed by atoms with E-state index in [2.05, 4.69) is 20.6 Å². The summed E-state index contributed by atoms with van der Waals surface area (Å²) < 4.78 is 18.0. The van der Waals surface area contributed by atoms with E-state index >= 15 is 0 Å². The van der Waals surface area contributed by atoms with Crippen LogP contribution in [-0.4, -0.2) is 23.1 Å². The van der Waals surface area contributed by atoms with Crippen LogP contribution in [0.5, 0.6) is 6.01 Å². The Morgan fingerprint density at radius 1 is 1.19 bits per heavy atom. The number of anilines is 2. The third-order valence-electron chi connectivity index (χ3n) is 2.75. The van der Waals surface area contributed by atoms with Crippen molar-refractivity contribution >= 4 is 17.4 Å². The maximum Gasteiger partial charge on any atom is 0.323 e. The molecule has 0 bridgehead atoms. The van der Waals surface area contributed by atoms with Gasteiger partial charge in [0.25, 0.3) is 0 Å². The van der Waals surface area contributed by atoms with E-state index in [1.807, 2.05) is 0 Å². The Morgan fingerprint density at radius 2 is 1.86 bits per heavy atom. The lowest BCUT2D eigenvalue weighted by Gasteiger charge is -2.12. The number of aromatic nitrogens is 2. The monoisotopic (exact) mass is 290 g/mol. The molecule has 2 aromatic rings. The molecule has 0 aliphatic carbocycles. The fourth-order valence-electron chi connectivity index (χ4n) is 1.80. The molecule has 2 rings (SSSR count). The molecule has 1 aromatic heterocycles.